The first-order valence-electron chi connectivity index (χ1n) is 5.68. The lowest BCUT2D eigenvalue weighted by molar-refractivity contribution is 0.489. The fourth-order valence-electron chi connectivity index (χ4n) is 1.25. The topological polar surface area (TPSA) is 36.4 Å². The van der Waals surface area contributed by atoms with E-state index in [0.29, 0.717) is 6.04 Å². The van der Waals surface area contributed by atoms with Crippen molar-refractivity contribution in [2.75, 3.05) is 13.6 Å². The van der Waals surface area contributed by atoms with E-state index >= 15 is 0 Å². The van der Waals surface area contributed by atoms with E-state index in [2.05, 4.69) is 43.0 Å². The molecule has 0 aliphatic carbocycles. The third kappa shape index (κ3) is 10.3. The SMILES string of the molecule is C=CCNC(=NC)NC(C)CCC(C)C.I. The van der Waals surface area contributed by atoms with Crippen LogP contribution < -0.4 is 10.6 Å². The average Bonchev–Trinajstić information content (AvgIpc) is 2.21. The van der Waals surface area contributed by atoms with Gasteiger partial charge in [0.05, 0.1) is 0 Å². The molecule has 0 saturated carbocycles. The van der Waals surface area contributed by atoms with Crippen molar-refractivity contribution in [2.24, 2.45) is 10.9 Å². The van der Waals surface area contributed by atoms with Crippen LogP contribution in [0.3, 0.4) is 0 Å². The summed E-state index contributed by atoms with van der Waals surface area (Å²) in [6.07, 6.45) is 4.24. The summed E-state index contributed by atoms with van der Waals surface area (Å²) < 4.78 is 0. The Bertz CT molecular complexity index is 202. The van der Waals surface area contributed by atoms with Gasteiger partial charge in [-0.05, 0) is 25.7 Å². The maximum Gasteiger partial charge on any atom is 0.191 e. The number of nitrogens with zero attached hydrogens (tertiary/aromatic N) is 1. The number of hydrogen-bond acceptors (Lipinski definition) is 1. The predicted molar refractivity (Wildman–Crippen MR) is 83.6 cm³/mol. The minimum absolute atomic E-state index is 0. The van der Waals surface area contributed by atoms with Gasteiger partial charge in [0.25, 0.3) is 0 Å². The normalized spacial score (nSPS) is 12.9. The zero-order valence-corrected chi connectivity index (χ0v) is 13.2. The quantitative estimate of drug-likeness (QED) is 0.338. The summed E-state index contributed by atoms with van der Waals surface area (Å²) in [4.78, 5) is 4.14. The van der Waals surface area contributed by atoms with E-state index in [4.69, 9.17) is 0 Å². The van der Waals surface area contributed by atoms with Crippen LogP contribution in [0.5, 0.6) is 0 Å². The van der Waals surface area contributed by atoms with Crippen LogP contribution in [0.1, 0.15) is 33.6 Å². The van der Waals surface area contributed by atoms with Crippen molar-refractivity contribution >= 4 is 29.9 Å². The highest BCUT2D eigenvalue weighted by Gasteiger charge is 2.05. The molecule has 96 valence electrons. The van der Waals surface area contributed by atoms with Gasteiger partial charge in [0, 0.05) is 19.6 Å². The van der Waals surface area contributed by atoms with Gasteiger partial charge in [-0.25, -0.2) is 0 Å². The summed E-state index contributed by atoms with van der Waals surface area (Å²) >= 11 is 0. The van der Waals surface area contributed by atoms with Gasteiger partial charge in [-0.1, -0.05) is 19.9 Å². The van der Waals surface area contributed by atoms with Gasteiger partial charge in [0.1, 0.15) is 0 Å². The maximum absolute atomic E-state index is 4.14. The first kappa shape index (κ1) is 18.1. The lowest BCUT2D eigenvalue weighted by atomic mass is 10.0. The van der Waals surface area contributed by atoms with Crippen molar-refractivity contribution in [3.63, 3.8) is 0 Å². The van der Waals surface area contributed by atoms with Gasteiger partial charge in [0.15, 0.2) is 5.96 Å². The van der Waals surface area contributed by atoms with E-state index in [1.54, 1.807) is 7.05 Å². The third-order valence-electron chi connectivity index (χ3n) is 2.20. The van der Waals surface area contributed by atoms with Crippen LogP contribution in [0.4, 0.5) is 0 Å². The molecule has 1 unspecified atom stereocenters. The molecule has 3 nitrogen and oxygen atoms in total. The van der Waals surface area contributed by atoms with E-state index in [9.17, 15) is 0 Å². The third-order valence-corrected chi connectivity index (χ3v) is 2.20. The second kappa shape index (κ2) is 11.2. The van der Waals surface area contributed by atoms with Crippen LogP contribution in [0.2, 0.25) is 0 Å². The highest BCUT2D eigenvalue weighted by atomic mass is 127. The van der Waals surface area contributed by atoms with Gasteiger partial charge in [0.2, 0.25) is 0 Å². The Hall–Kier alpha value is -0.260. The fourth-order valence-corrected chi connectivity index (χ4v) is 1.25. The lowest BCUT2D eigenvalue weighted by Crippen LogP contribution is -2.42. The molecule has 4 heteroatoms. The molecular formula is C12H26IN3. The minimum atomic E-state index is 0. The summed E-state index contributed by atoms with van der Waals surface area (Å²) in [6.45, 7) is 11.1. The monoisotopic (exact) mass is 339 g/mol. The van der Waals surface area contributed by atoms with Crippen molar-refractivity contribution in [3.8, 4) is 0 Å². The standard InChI is InChI=1S/C12H25N3.HI/c1-6-9-14-12(13-5)15-11(4)8-7-10(2)3;/h6,10-11H,1,7-9H2,2-5H3,(H2,13,14,15);1H. The number of aliphatic imine (C=N–C) groups is 1. The summed E-state index contributed by atoms with van der Waals surface area (Å²) in [5.74, 6) is 1.61. The molecule has 0 aliphatic rings. The second-order valence-electron chi connectivity index (χ2n) is 4.26. The van der Waals surface area contributed by atoms with E-state index in [-0.39, 0.29) is 24.0 Å². The summed E-state index contributed by atoms with van der Waals surface area (Å²) in [7, 11) is 1.79. The van der Waals surface area contributed by atoms with Gasteiger partial charge in [-0.15, -0.1) is 30.6 Å². The molecule has 0 aliphatic heterocycles. The molecule has 0 aromatic heterocycles. The van der Waals surface area contributed by atoms with E-state index in [1.807, 2.05) is 6.08 Å². The molecule has 0 heterocycles. The Morgan fingerprint density at radius 1 is 1.31 bits per heavy atom. The van der Waals surface area contributed by atoms with Crippen molar-refractivity contribution in [2.45, 2.75) is 39.7 Å². The molecule has 16 heavy (non-hydrogen) atoms. The molecule has 0 bridgehead atoms. The van der Waals surface area contributed by atoms with Crippen LogP contribution >= 0.6 is 24.0 Å². The highest BCUT2D eigenvalue weighted by molar-refractivity contribution is 14.0. The first-order chi connectivity index (χ1) is 7.10. The molecular weight excluding hydrogens is 313 g/mol. The van der Waals surface area contributed by atoms with Gasteiger partial charge in [-0.2, -0.15) is 0 Å². The molecule has 0 saturated heterocycles. The van der Waals surface area contributed by atoms with Gasteiger partial charge < -0.3 is 10.6 Å². The predicted octanol–water partition coefficient (Wildman–Crippen LogP) is 2.78. The Labute approximate surface area is 117 Å². The molecule has 0 radical (unpaired) electrons. The van der Waals surface area contributed by atoms with Crippen LogP contribution in [0, 0.1) is 5.92 Å². The van der Waals surface area contributed by atoms with E-state index in [0.717, 1.165) is 18.4 Å². The summed E-state index contributed by atoms with van der Waals surface area (Å²) in [5.41, 5.74) is 0. The van der Waals surface area contributed by atoms with Crippen LogP contribution in [-0.4, -0.2) is 25.6 Å². The van der Waals surface area contributed by atoms with Gasteiger partial charge in [-0.3, -0.25) is 4.99 Å². The van der Waals surface area contributed by atoms with E-state index in [1.165, 1.54) is 12.8 Å². The fraction of sp³-hybridized carbons (Fsp3) is 0.750. The second-order valence-corrected chi connectivity index (χ2v) is 4.26. The molecule has 0 amide bonds. The zero-order chi connectivity index (χ0) is 11.7. The number of rotatable bonds is 6. The minimum Gasteiger partial charge on any atom is -0.354 e. The Kier molecular flexibility index (Phi) is 12.7. The molecule has 0 rings (SSSR count). The van der Waals surface area contributed by atoms with Crippen molar-refractivity contribution in [1.82, 2.24) is 10.6 Å². The number of guanidine groups is 1. The van der Waals surface area contributed by atoms with Crippen molar-refractivity contribution in [1.29, 1.82) is 0 Å². The number of nitrogens with one attached hydrogen (secondary N) is 2. The van der Waals surface area contributed by atoms with Crippen LogP contribution in [-0.2, 0) is 0 Å². The number of hydrogen-bond donors (Lipinski definition) is 2. The van der Waals surface area contributed by atoms with Gasteiger partial charge >= 0.3 is 0 Å². The molecule has 0 aromatic carbocycles. The first-order valence-corrected chi connectivity index (χ1v) is 5.68. The van der Waals surface area contributed by atoms with Crippen molar-refractivity contribution < 1.29 is 0 Å². The van der Waals surface area contributed by atoms with Crippen LogP contribution in [0.25, 0.3) is 0 Å². The molecule has 0 fully saturated rings. The smallest absolute Gasteiger partial charge is 0.191 e. The Morgan fingerprint density at radius 3 is 2.38 bits per heavy atom. The molecule has 1 atom stereocenters. The Morgan fingerprint density at radius 2 is 1.94 bits per heavy atom. The highest BCUT2D eigenvalue weighted by Crippen LogP contribution is 2.05. The molecule has 0 spiro atoms. The zero-order valence-electron chi connectivity index (χ0n) is 10.9. The summed E-state index contributed by atoms with van der Waals surface area (Å²) in [6, 6.07) is 0.461. The van der Waals surface area contributed by atoms with Crippen LogP contribution in [0.15, 0.2) is 17.6 Å². The number of halogens is 1. The van der Waals surface area contributed by atoms with E-state index < -0.39 is 0 Å². The largest absolute Gasteiger partial charge is 0.354 e. The van der Waals surface area contributed by atoms with Crippen molar-refractivity contribution in [3.05, 3.63) is 12.7 Å². The summed E-state index contributed by atoms with van der Waals surface area (Å²) in [5, 5.41) is 6.51. The molecule has 0 aromatic rings. The average molecular weight is 339 g/mol. The lowest BCUT2D eigenvalue weighted by Gasteiger charge is -2.18. The maximum atomic E-state index is 4.14. The Balaban J connectivity index is 0. The molecule has 2 N–H and O–H groups in total.